The third-order valence-electron chi connectivity index (χ3n) is 11.7. The minimum absolute atomic E-state index is 0.0181. The summed E-state index contributed by atoms with van der Waals surface area (Å²) in [6, 6.07) is 15.8. The minimum Gasteiger partial charge on any atom is -0.487 e. The van der Waals surface area contributed by atoms with Crippen LogP contribution in [0.5, 0.6) is 17.2 Å². The van der Waals surface area contributed by atoms with E-state index in [4.69, 9.17) is 37.9 Å². The number of carboxylic acid groups (broad SMARTS) is 1. The van der Waals surface area contributed by atoms with E-state index in [1.807, 2.05) is 44.4 Å². The van der Waals surface area contributed by atoms with Crippen molar-refractivity contribution in [2.45, 2.75) is 76.1 Å². The molecule has 2 aromatic heterocycles. The number of aryl methyl sites for hydroxylation is 1. The number of carboxylic acids is 1. The molecule has 0 radical (unpaired) electrons. The van der Waals surface area contributed by atoms with Crippen LogP contribution >= 0.6 is 11.3 Å². The molecule has 368 valence electrons. The van der Waals surface area contributed by atoms with E-state index < -0.39 is 59.1 Å². The fraction of sp³-hybridized carbons (Fsp3) is 0.511. The smallest absolute Gasteiger partial charge is 0.407 e. The van der Waals surface area contributed by atoms with Crippen LogP contribution in [0.25, 0.3) is 0 Å². The second-order valence-corrected chi connectivity index (χ2v) is 20.2. The summed E-state index contributed by atoms with van der Waals surface area (Å²) in [6.45, 7) is 5.54. The maximum Gasteiger partial charge on any atom is 0.407 e. The van der Waals surface area contributed by atoms with Crippen LogP contribution in [0.2, 0.25) is 0 Å². The second-order valence-electron chi connectivity index (χ2n) is 17.2. The molecule has 0 aliphatic carbocycles. The molecule has 1 unspecified atom stereocenters. The molecule has 5 heterocycles. The minimum atomic E-state index is -4.35. The standard InChI is InChI=1S/C47H59N5O14S2/c1-30(2)23-52(68(57,58)36-12-13-40-41(22-36)65-29-64-40)24-38(44(45(54)55)60-20-19-59-27-43(53)51(4)17-14-33-7-5-6-16-48-33)39(50-47(56)66-42-26-63-46-37(42)15-18-61-46)21-32-8-10-35(11-9-32)62-25-34-28-67-31(3)49-34/h5-13,16,22,28,30,37-39,42,44,46H,14-15,17-21,23-27,29H2,1-4H3,(H,50,56)(H,54,55)/t37-,38+,39-,42-,44?,46+/m0/s1. The lowest BCUT2D eigenvalue weighted by Crippen LogP contribution is -2.55. The normalized spacial score (nSPS) is 18.8. The number of carbonyl (C=O) groups is 3. The average molecular weight is 982 g/mol. The summed E-state index contributed by atoms with van der Waals surface area (Å²) in [4.78, 5) is 50.6. The number of aromatic nitrogens is 2. The zero-order valence-electron chi connectivity index (χ0n) is 38.5. The summed E-state index contributed by atoms with van der Waals surface area (Å²) in [5, 5.41) is 16.7. The van der Waals surface area contributed by atoms with E-state index in [1.54, 1.807) is 37.5 Å². The van der Waals surface area contributed by atoms with Crippen molar-refractivity contribution in [2.75, 3.05) is 66.5 Å². The number of hydrogen-bond donors (Lipinski definition) is 2. The van der Waals surface area contributed by atoms with Gasteiger partial charge in [-0.25, -0.2) is 23.0 Å². The zero-order chi connectivity index (χ0) is 48.2. The first-order valence-electron chi connectivity index (χ1n) is 22.5. The quantitative estimate of drug-likeness (QED) is 0.0859. The van der Waals surface area contributed by atoms with Gasteiger partial charge < -0.3 is 53.2 Å². The maximum atomic E-state index is 14.7. The number of aliphatic carboxylic acids is 1. The fourth-order valence-electron chi connectivity index (χ4n) is 8.16. The van der Waals surface area contributed by atoms with Gasteiger partial charge in [0.1, 0.15) is 25.1 Å². The first-order valence-corrected chi connectivity index (χ1v) is 24.8. The van der Waals surface area contributed by atoms with Crippen LogP contribution in [0.1, 0.15) is 42.2 Å². The van der Waals surface area contributed by atoms with Gasteiger partial charge in [0.2, 0.25) is 22.7 Å². The Hall–Kier alpha value is -5.42. The number of hydrogen-bond acceptors (Lipinski definition) is 16. The monoisotopic (exact) mass is 981 g/mol. The van der Waals surface area contributed by atoms with Crippen molar-refractivity contribution in [1.29, 1.82) is 0 Å². The average Bonchev–Trinajstić information content (AvgIpc) is 4.15. The molecule has 2 saturated heterocycles. The van der Waals surface area contributed by atoms with Crippen molar-refractivity contribution >= 4 is 39.3 Å². The lowest BCUT2D eigenvalue weighted by molar-refractivity contribution is -0.157. The highest BCUT2D eigenvalue weighted by atomic mass is 32.2. The molecule has 2 aromatic carbocycles. The molecule has 21 heteroatoms. The van der Waals surface area contributed by atoms with Crippen molar-refractivity contribution in [2.24, 2.45) is 17.8 Å². The number of likely N-dealkylation sites (N-methyl/N-ethyl adjacent to an activating group) is 1. The molecule has 7 rings (SSSR count). The third-order valence-corrected chi connectivity index (χ3v) is 14.3. The molecule has 3 aliphatic heterocycles. The Balaban J connectivity index is 1.14. The van der Waals surface area contributed by atoms with E-state index in [0.29, 0.717) is 43.1 Å². The predicted octanol–water partition coefficient (Wildman–Crippen LogP) is 4.70. The van der Waals surface area contributed by atoms with E-state index in [1.165, 1.54) is 38.7 Å². The van der Waals surface area contributed by atoms with Crippen LogP contribution in [-0.4, -0.2) is 142 Å². The first kappa shape index (κ1) is 50.5. The Labute approximate surface area is 400 Å². The number of nitrogens with one attached hydrogen (secondary N) is 1. The summed E-state index contributed by atoms with van der Waals surface area (Å²) in [6.07, 6.45) is -0.836. The van der Waals surface area contributed by atoms with Gasteiger partial charge in [-0.2, -0.15) is 4.31 Å². The predicted molar refractivity (Wildman–Crippen MR) is 246 cm³/mol. The topological polar surface area (TPSA) is 224 Å². The first-order chi connectivity index (χ1) is 32.7. The van der Waals surface area contributed by atoms with Crippen molar-refractivity contribution in [1.82, 2.24) is 24.5 Å². The van der Waals surface area contributed by atoms with Gasteiger partial charge in [0.25, 0.3) is 0 Å². The van der Waals surface area contributed by atoms with Crippen molar-refractivity contribution in [3.63, 3.8) is 0 Å². The SMILES string of the molecule is Cc1nc(COc2ccc(C[C@H](NC(=O)O[C@H]3CO[C@H]4OCC[C@H]43)[C@@H](CN(CC(C)C)S(=O)(=O)c3ccc4c(c3)OCO4)C(OCCOCC(=O)N(C)CCc3ccccn3)C(=O)O)cc2)cs1. The van der Waals surface area contributed by atoms with Crippen molar-refractivity contribution in [3.05, 3.63) is 94.2 Å². The number of thiazole rings is 1. The molecule has 2 fully saturated rings. The number of amides is 2. The summed E-state index contributed by atoms with van der Waals surface area (Å²) in [7, 11) is -2.70. The van der Waals surface area contributed by atoms with E-state index in [9.17, 15) is 27.9 Å². The third kappa shape index (κ3) is 13.6. The van der Waals surface area contributed by atoms with Gasteiger partial charge in [-0.05, 0) is 67.6 Å². The molecule has 68 heavy (non-hydrogen) atoms. The maximum absolute atomic E-state index is 14.7. The molecule has 2 N–H and O–H groups in total. The fourth-order valence-corrected chi connectivity index (χ4v) is 10.4. The second kappa shape index (κ2) is 23.7. The van der Waals surface area contributed by atoms with Crippen molar-refractivity contribution in [3.8, 4) is 17.2 Å². The molecule has 0 saturated carbocycles. The lowest BCUT2D eigenvalue weighted by Gasteiger charge is -2.36. The molecule has 0 spiro atoms. The number of fused-ring (bicyclic) bond motifs is 2. The van der Waals surface area contributed by atoms with Gasteiger partial charge in [-0.15, -0.1) is 11.3 Å². The van der Waals surface area contributed by atoms with E-state index in [0.717, 1.165) is 16.4 Å². The van der Waals surface area contributed by atoms with Crippen LogP contribution < -0.4 is 19.5 Å². The Morgan fingerprint density at radius 3 is 2.54 bits per heavy atom. The summed E-state index contributed by atoms with van der Waals surface area (Å²) in [5.74, 6) is -2.19. The number of alkyl carbamates (subject to hydrolysis) is 1. The van der Waals surface area contributed by atoms with Crippen LogP contribution in [-0.2, 0) is 62.7 Å². The van der Waals surface area contributed by atoms with Gasteiger partial charge in [0, 0.05) is 68.4 Å². The number of ether oxygens (including phenoxy) is 8. The highest BCUT2D eigenvalue weighted by Gasteiger charge is 2.45. The van der Waals surface area contributed by atoms with Gasteiger partial charge in [0.05, 0.1) is 47.9 Å². The Kier molecular flexibility index (Phi) is 17.6. The number of sulfonamides is 1. The summed E-state index contributed by atoms with van der Waals surface area (Å²) >= 11 is 1.52. The highest BCUT2D eigenvalue weighted by Crippen LogP contribution is 2.36. The molecular formula is C47H59N5O14S2. The number of nitrogens with zero attached hydrogens (tertiary/aromatic N) is 4. The summed E-state index contributed by atoms with van der Waals surface area (Å²) < 4.78 is 76.6. The number of carbonyl (C=O) groups excluding carboxylic acids is 2. The number of rotatable bonds is 25. The van der Waals surface area contributed by atoms with Crippen LogP contribution in [0.15, 0.2) is 77.1 Å². The molecule has 19 nitrogen and oxygen atoms in total. The van der Waals surface area contributed by atoms with Gasteiger partial charge in [-0.1, -0.05) is 32.0 Å². The van der Waals surface area contributed by atoms with E-state index in [-0.39, 0.29) is 81.2 Å². The molecular weight excluding hydrogens is 923 g/mol. The Morgan fingerprint density at radius 1 is 1.00 bits per heavy atom. The summed E-state index contributed by atoms with van der Waals surface area (Å²) in [5.41, 5.74) is 2.28. The molecule has 2 amide bonds. The van der Waals surface area contributed by atoms with Crippen molar-refractivity contribution < 1.29 is 65.8 Å². The van der Waals surface area contributed by atoms with Crippen LogP contribution in [0, 0.1) is 24.7 Å². The zero-order valence-corrected chi connectivity index (χ0v) is 40.2. The Bertz CT molecular complexity index is 2410. The molecule has 4 aromatic rings. The Morgan fingerprint density at radius 2 is 1.81 bits per heavy atom. The van der Waals surface area contributed by atoms with Crippen LogP contribution in [0.3, 0.4) is 0 Å². The van der Waals surface area contributed by atoms with Gasteiger partial charge in [0.15, 0.2) is 23.9 Å². The van der Waals surface area contributed by atoms with Crippen LogP contribution in [0.4, 0.5) is 4.79 Å². The number of pyridine rings is 1. The molecule has 0 bridgehead atoms. The van der Waals surface area contributed by atoms with E-state index >= 15 is 0 Å². The van der Waals surface area contributed by atoms with E-state index in [2.05, 4.69) is 15.3 Å². The van der Waals surface area contributed by atoms with Gasteiger partial charge >= 0.3 is 12.1 Å². The molecule has 3 aliphatic rings. The molecule has 6 atom stereocenters. The largest absolute Gasteiger partial charge is 0.487 e. The highest BCUT2D eigenvalue weighted by molar-refractivity contribution is 7.89. The van der Waals surface area contributed by atoms with Gasteiger partial charge in [-0.3, -0.25) is 9.78 Å². The lowest BCUT2D eigenvalue weighted by atomic mass is 9.88. The number of benzene rings is 2.